The molecule has 0 radical (unpaired) electrons. The van der Waals surface area contributed by atoms with E-state index in [0.29, 0.717) is 13.2 Å². The number of thioether (sulfide) groups is 1. The fourth-order valence-electron chi connectivity index (χ4n) is 2.43. The van der Waals surface area contributed by atoms with Crippen molar-refractivity contribution in [3.8, 4) is 5.75 Å². The predicted molar refractivity (Wildman–Crippen MR) is 83.1 cm³/mol. The summed E-state index contributed by atoms with van der Waals surface area (Å²) in [5, 5.41) is 0. The summed E-state index contributed by atoms with van der Waals surface area (Å²) >= 11 is 7.36. The number of halogens is 1. The molecule has 0 aromatic heterocycles. The van der Waals surface area contributed by atoms with Crippen LogP contribution in [0.3, 0.4) is 0 Å². The number of rotatable bonds is 7. The molecule has 0 bridgehead atoms. The van der Waals surface area contributed by atoms with Gasteiger partial charge in [-0.3, -0.25) is 0 Å². The molecule has 0 heterocycles. The van der Waals surface area contributed by atoms with Gasteiger partial charge in [0.05, 0.1) is 0 Å². The second-order valence-electron chi connectivity index (χ2n) is 5.02. The summed E-state index contributed by atoms with van der Waals surface area (Å²) in [7, 11) is 0. The average molecular weight is 300 g/mol. The van der Waals surface area contributed by atoms with Gasteiger partial charge < -0.3 is 4.74 Å². The first kappa shape index (κ1) is 15.0. The Morgan fingerprint density at radius 2 is 2.11 bits per heavy atom. The lowest BCUT2D eigenvalue weighted by molar-refractivity contribution is 0.323. The molecule has 0 amide bonds. The molecule has 106 valence electrons. The fraction of sp³-hybridized carbons (Fsp3) is 0.600. The normalized spacial score (nSPS) is 16.5. The fourth-order valence-corrected chi connectivity index (χ4v) is 3.64. The summed E-state index contributed by atoms with van der Waals surface area (Å²) in [6.45, 7) is 1.25. The molecule has 1 aliphatic carbocycles. The number of nitrogens with one attached hydrogen (secondary N) is 1. The Morgan fingerprint density at radius 3 is 2.89 bits per heavy atom. The molecule has 0 saturated heterocycles. The van der Waals surface area contributed by atoms with Crippen molar-refractivity contribution in [2.75, 3.05) is 18.9 Å². The van der Waals surface area contributed by atoms with Gasteiger partial charge in [0.1, 0.15) is 12.4 Å². The van der Waals surface area contributed by atoms with Gasteiger partial charge in [-0.15, -0.1) is 11.8 Å². The Hall–Kier alpha value is -0.380. The number of hydrogen-bond acceptors (Lipinski definition) is 3. The maximum absolute atomic E-state index is 5.62. The Labute approximate surface area is 125 Å². The molecule has 2 rings (SSSR count). The molecule has 1 fully saturated rings. The smallest absolute Gasteiger partial charge is 0.120 e. The maximum Gasteiger partial charge on any atom is 0.120 e. The zero-order valence-electron chi connectivity index (χ0n) is 11.2. The quantitative estimate of drug-likeness (QED) is 0.456. The van der Waals surface area contributed by atoms with Crippen molar-refractivity contribution in [3.05, 3.63) is 24.3 Å². The van der Waals surface area contributed by atoms with E-state index in [0.717, 1.165) is 11.7 Å². The monoisotopic (exact) mass is 299 g/mol. The van der Waals surface area contributed by atoms with Gasteiger partial charge in [-0.2, -0.15) is 0 Å². The molecule has 1 aliphatic rings. The van der Waals surface area contributed by atoms with Crippen LogP contribution in [-0.4, -0.2) is 18.9 Å². The average Bonchev–Trinajstić information content (AvgIpc) is 2.47. The minimum absolute atomic E-state index is 0.597. The first-order valence-electron chi connectivity index (χ1n) is 7.07. The number of ether oxygens (including phenoxy) is 1. The molecule has 1 aromatic rings. The van der Waals surface area contributed by atoms with E-state index in [1.165, 1.54) is 42.8 Å². The third-order valence-electron chi connectivity index (χ3n) is 3.48. The molecule has 0 unspecified atom stereocenters. The van der Waals surface area contributed by atoms with E-state index in [1.54, 1.807) is 0 Å². The molecule has 1 saturated carbocycles. The summed E-state index contributed by atoms with van der Waals surface area (Å²) < 4.78 is 5.62. The van der Waals surface area contributed by atoms with Gasteiger partial charge in [-0.1, -0.05) is 25.3 Å². The summed E-state index contributed by atoms with van der Waals surface area (Å²) in [6, 6.07) is 8.35. The van der Waals surface area contributed by atoms with Crippen molar-refractivity contribution in [1.82, 2.24) is 4.84 Å². The number of hydrogen-bond donors (Lipinski definition) is 1. The standard InChI is InChI=1S/C15H22ClNOS/c16-17-9-10-18-14-7-4-8-15(11-14)19-12-13-5-2-1-3-6-13/h4,7-8,11,13,17H,1-3,5-6,9-10,12H2. The van der Waals surface area contributed by atoms with Gasteiger partial charge in [-0.25, -0.2) is 4.84 Å². The van der Waals surface area contributed by atoms with Crippen molar-refractivity contribution in [2.45, 2.75) is 37.0 Å². The van der Waals surface area contributed by atoms with E-state index in [-0.39, 0.29) is 0 Å². The summed E-state index contributed by atoms with van der Waals surface area (Å²) in [5.41, 5.74) is 0. The predicted octanol–water partition coefficient (Wildman–Crippen LogP) is 4.48. The largest absolute Gasteiger partial charge is 0.492 e. The molecule has 0 aliphatic heterocycles. The minimum atomic E-state index is 0.597. The molecule has 0 spiro atoms. The van der Waals surface area contributed by atoms with E-state index < -0.39 is 0 Å². The maximum atomic E-state index is 5.62. The van der Waals surface area contributed by atoms with Gasteiger partial charge in [0.25, 0.3) is 0 Å². The highest BCUT2D eigenvalue weighted by Gasteiger charge is 2.13. The van der Waals surface area contributed by atoms with E-state index in [2.05, 4.69) is 23.0 Å². The van der Waals surface area contributed by atoms with Gasteiger partial charge in [0, 0.05) is 17.2 Å². The third kappa shape index (κ3) is 5.64. The second-order valence-corrected chi connectivity index (χ2v) is 6.38. The van der Waals surface area contributed by atoms with E-state index in [9.17, 15) is 0 Å². The van der Waals surface area contributed by atoms with Crippen LogP contribution in [0.1, 0.15) is 32.1 Å². The molecule has 4 heteroatoms. The zero-order chi connectivity index (χ0) is 13.3. The molecular formula is C15H22ClNOS. The minimum Gasteiger partial charge on any atom is -0.492 e. The van der Waals surface area contributed by atoms with Crippen molar-refractivity contribution in [3.63, 3.8) is 0 Å². The van der Waals surface area contributed by atoms with Crippen LogP contribution in [0.2, 0.25) is 0 Å². The third-order valence-corrected chi connectivity index (χ3v) is 4.90. The van der Waals surface area contributed by atoms with Crippen LogP contribution in [0, 0.1) is 5.92 Å². The zero-order valence-corrected chi connectivity index (χ0v) is 12.8. The lowest BCUT2D eigenvalue weighted by Gasteiger charge is -2.21. The molecule has 19 heavy (non-hydrogen) atoms. The SMILES string of the molecule is ClNCCOc1cccc(SCC2CCCCC2)c1. The summed E-state index contributed by atoms with van der Waals surface area (Å²) in [4.78, 5) is 3.87. The van der Waals surface area contributed by atoms with Crippen LogP contribution in [0.5, 0.6) is 5.75 Å². The highest BCUT2D eigenvalue weighted by Crippen LogP contribution is 2.31. The van der Waals surface area contributed by atoms with Gasteiger partial charge in [0.15, 0.2) is 0 Å². The van der Waals surface area contributed by atoms with Gasteiger partial charge in [-0.05, 0) is 48.7 Å². The first-order valence-corrected chi connectivity index (χ1v) is 8.44. The molecule has 1 N–H and O–H groups in total. The van der Waals surface area contributed by atoms with E-state index in [1.807, 2.05) is 17.8 Å². The Morgan fingerprint density at radius 1 is 1.26 bits per heavy atom. The highest BCUT2D eigenvalue weighted by atomic mass is 35.5. The van der Waals surface area contributed by atoms with Crippen LogP contribution in [0.25, 0.3) is 0 Å². The summed E-state index contributed by atoms with van der Waals surface area (Å²) in [5.74, 6) is 3.08. The Balaban J connectivity index is 1.77. The second kappa shape index (κ2) is 8.72. The van der Waals surface area contributed by atoms with E-state index >= 15 is 0 Å². The van der Waals surface area contributed by atoms with Crippen LogP contribution < -0.4 is 9.57 Å². The van der Waals surface area contributed by atoms with Crippen LogP contribution in [-0.2, 0) is 0 Å². The van der Waals surface area contributed by atoms with E-state index in [4.69, 9.17) is 16.5 Å². The van der Waals surface area contributed by atoms with Crippen molar-refractivity contribution in [2.24, 2.45) is 5.92 Å². The van der Waals surface area contributed by atoms with Gasteiger partial charge >= 0.3 is 0 Å². The first-order chi connectivity index (χ1) is 9.38. The van der Waals surface area contributed by atoms with Crippen molar-refractivity contribution in [1.29, 1.82) is 0 Å². The molecule has 1 aromatic carbocycles. The van der Waals surface area contributed by atoms with Crippen molar-refractivity contribution < 1.29 is 4.74 Å². The molecular weight excluding hydrogens is 278 g/mol. The topological polar surface area (TPSA) is 21.3 Å². The van der Waals surface area contributed by atoms with Gasteiger partial charge in [0.2, 0.25) is 0 Å². The Bertz CT molecular complexity index is 369. The molecule has 0 atom stereocenters. The van der Waals surface area contributed by atoms with Crippen molar-refractivity contribution >= 4 is 23.5 Å². The number of benzene rings is 1. The highest BCUT2D eigenvalue weighted by molar-refractivity contribution is 7.99. The van der Waals surface area contributed by atoms with Crippen LogP contribution in [0.15, 0.2) is 29.2 Å². The van der Waals surface area contributed by atoms with Crippen LogP contribution in [0.4, 0.5) is 0 Å². The Kier molecular flexibility index (Phi) is 6.90. The molecule has 2 nitrogen and oxygen atoms in total. The lowest BCUT2D eigenvalue weighted by Crippen LogP contribution is -2.11. The van der Waals surface area contributed by atoms with Crippen LogP contribution >= 0.6 is 23.5 Å². The lowest BCUT2D eigenvalue weighted by atomic mass is 9.91. The summed E-state index contributed by atoms with van der Waals surface area (Å²) in [6.07, 6.45) is 7.08.